The highest BCUT2D eigenvalue weighted by Gasteiger charge is 2.28. The number of amides is 1. The normalized spacial score (nSPS) is 17.2. The van der Waals surface area contributed by atoms with Crippen LogP contribution in [0.25, 0.3) is 0 Å². The van der Waals surface area contributed by atoms with Crippen LogP contribution in [0.3, 0.4) is 0 Å². The second-order valence-corrected chi connectivity index (χ2v) is 8.59. The Morgan fingerprint density at radius 1 is 1.26 bits per heavy atom. The molecule has 1 aliphatic rings. The van der Waals surface area contributed by atoms with E-state index in [0.717, 1.165) is 41.7 Å². The third-order valence-corrected chi connectivity index (χ3v) is 5.65. The van der Waals surface area contributed by atoms with Crippen LogP contribution in [0.15, 0.2) is 46.6 Å². The lowest BCUT2D eigenvalue weighted by Crippen LogP contribution is -2.44. The fourth-order valence-electron chi connectivity index (χ4n) is 3.16. The molecule has 1 fully saturated rings. The van der Waals surface area contributed by atoms with Crippen LogP contribution in [0.2, 0.25) is 0 Å². The Morgan fingerprint density at radius 3 is 2.74 bits per heavy atom. The lowest BCUT2D eigenvalue weighted by molar-refractivity contribution is -0.125. The van der Waals surface area contributed by atoms with E-state index >= 15 is 0 Å². The van der Waals surface area contributed by atoms with Crippen molar-refractivity contribution >= 4 is 23.5 Å². The van der Waals surface area contributed by atoms with Crippen molar-refractivity contribution in [3.8, 4) is 0 Å². The molecule has 2 aromatic rings. The number of aromatic nitrogens is 2. The molecule has 1 aliphatic heterocycles. The van der Waals surface area contributed by atoms with E-state index in [0.29, 0.717) is 12.5 Å². The summed E-state index contributed by atoms with van der Waals surface area (Å²) in [5.74, 6) is 1.51. The Labute approximate surface area is 166 Å². The van der Waals surface area contributed by atoms with Crippen molar-refractivity contribution < 1.29 is 4.79 Å². The highest BCUT2D eigenvalue weighted by atomic mass is 32.2. The minimum absolute atomic E-state index is 0.0109. The van der Waals surface area contributed by atoms with E-state index in [4.69, 9.17) is 0 Å². The predicted octanol–water partition coefficient (Wildman–Crippen LogP) is 3.92. The van der Waals surface area contributed by atoms with Crippen molar-refractivity contribution in [3.63, 3.8) is 0 Å². The van der Waals surface area contributed by atoms with Crippen molar-refractivity contribution in [3.05, 3.63) is 42.2 Å². The molecule has 0 bridgehead atoms. The molecule has 144 valence electrons. The summed E-state index contributed by atoms with van der Waals surface area (Å²) in [6.07, 6.45) is 5.39. The molecular formula is C21H28N4OS. The van der Waals surface area contributed by atoms with E-state index in [2.05, 4.69) is 65.2 Å². The van der Waals surface area contributed by atoms with Gasteiger partial charge in [-0.25, -0.2) is 9.97 Å². The van der Waals surface area contributed by atoms with Crippen LogP contribution in [-0.4, -0.2) is 35.5 Å². The van der Waals surface area contributed by atoms with Crippen LogP contribution >= 0.6 is 11.8 Å². The van der Waals surface area contributed by atoms with Crippen LogP contribution in [0.1, 0.15) is 32.3 Å². The molecule has 1 atom stereocenters. The van der Waals surface area contributed by atoms with Gasteiger partial charge in [-0.05, 0) is 37.8 Å². The maximum Gasteiger partial charge on any atom is 0.224 e. The molecule has 2 heterocycles. The first-order valence-electron chi connectivity index (χ1n) is 9.61. The zero-order valence-corrected chi connectivity index (χ0v) is 17.1. The summed E-state index contributed by atoms with van der Waals surface area (Å²) < 4.78 is 0. The smallest absolute Gasteiger partial charge is 0.224 e. The average molecular weight is 385 g/mol. The van der Waals surface area contributed by atoms with E-state index in [9.17, 15) is 4.79 Å². The van der Waals surface area contributed by atoms with Crippen LogP contribution in [0.5, 0.6) is 0 Å². The monoisotopic (exact) mass is 384 g/mol. The van der Waals surface area contributed by atoms with Crippen LogP contribution in [0.4, 0.5) is 5.82 Å². The summed E-state index contributed by atoms with van der Waals surface area (Å²) in [5.41, 5.74) is 1.24. The van der Waals surface area contributed by atoms with Gasteiger partial charge >= 0.3 is 0 Å². The van der Waals surface area contributed by atoms with E-state index in [1.807, 2.05) is 0 Å². The zero-order valence-electron chi connectivity index (χ0n) is 16.3. The number of nitrogens with one attached hydrogen (secondary N) is 1. The van der Waals surface area contributed by atoms with Gasteiger partial charge in [-0.3, -0.25) is 4.79 Å². The van der Waals surface area contributed by atoms with Gasteiger partial charge in [0.1, 0.15) is 5.03 Å². The number of anilines is 1. The van der Waals surface area contributed by atoms with Crippen molar-refractivity contribution in [1.29, 1.82) is 0 Å². The number of piperidine rings is 1. The third-order valence-electron chi connectivity index (χ3n) is 4.66. The van der Waals surface area contributed by atoms with Crippen molar-refractivity contribution in [1.82, 2.24) is 15.3 Å². The van der Waals surface area contributed by atoms with Gasteiger partial charge in [0.05, 0.1) is 5.92 Å². The minimum Gasteiger partial charge on any atom is -0.356 e. The average Bonchev–Trinajstić information content (AvgIpc) is 2.68. The van der Waals surface area contributed by atoms with E-state index in [1.54, 1.807) is 24.2 Å². The second kappa shape index (κ2) is 9.22. The number of hydrogen-bond donors (Lipinski definition) is 1. The highest BCUT2D eigenvalue weighted by Crippen LogP contribution is 2.34. The van der Waals surface area contributed by atoms with Crippen LogP contribution < -0.4 is 10.2 Å². The van der Waals surface area contributed by atoms with Crippen LogP contribution in [-0.2, 0) is 4.79 Å². The molecule has 0 aliphatic carbocycles. The highest BCUT2D eigenvalue weighted by molar-refractivity contribution is 7.99. The number of benzene rings is 1. The molecule has 0 unspecified atom stereocenters. The summed E-state index contributed by atoms with van der Waals surface area (Å²) in [6.45, 7) is 8.65. The summed E-state index contributed by atoms with van der Waals surface area (Å²) in [4.78, 5) is 25.0. The Bertz CT molecular complexity index is 763. The van der Waals surface area contributed by atoms with Crippen molar-refractivity contribution in [2.45, 2.75) is 43.5 Å². The molecule has 3 rings (SSSR count). The van der Waals surface area contributed by atoms with E-state index in [1.165, 1.54) is 5.56 Å². The van der Waals surface area contributed by atoms with E-state index in [-0.39, 0.29) is 11.8 Å². The molecule has 5 nitrogen and oxygen atoms in total. The number of rotatable bonds is 6. The van der Waals surface area contributed by atoms with Gasteiger partial charge in [0, 0.05) is 36.9 Å². The van der Waals surface area contributed by atoms with Gasteiger partial charge in [-0.15, -0.1) is 0 Å². The quantitative estimate of drug-likeness (QED) is 0.818. The number of carbonyl (C=O) groups excluding carboxylic acids is 1. The van der Waals surface area contributed by atoms with Gasteiger partial charge < -0.3 is 10.2 Å². The molecule has 0 radical (unpaired) electrons. The molecule has 1 amide bonds. The first-order valence-corrected chi connectivity index (χ1v) is 10.4. The van der Waals surface area contributed by atoms with Gasteiger partial charge in [0.15, 0.2) is 5.82 Å². The third kappa shape index (κ3) is 5.45. The molecule has 1 N–H and O–H groups in total. The van der Waals surface area contributed by atoms with Gasteiger partial charge in [0.25, 0.3) is 0 Å². The number of aryl methyl sites for hydroxylation is 1. The van der Waals surface area contributed by atoms with Crippen molar-refractivity contribution in [2.24, 2.45) is 11.8 Å². The Morgan fingerprint density at radius 2 is 2.00 bits per heavy atom. The Kier molecular flexibility index (Phi) is 6.72. The SMILES string of the molecule is Cc1ccc(Sc2nccnc2N2CCC[C@@H](C(=O)NCC(C)C)C2)cc1. The van der Waals surface area contributed by atoms with E-state index < -0.39 is 0 Å². The Hall–Kier alpha value is -2.08. The van der Waals surface area contributed by atoms with Gasteiger partial charge in [0.2, 0.25) is 5.91 Å². The maximum absolute atomic E-state index is 12.5. The topological polar surface area (TPSA) is 58.1 Å². The van der Waals surface area contributed by atoms with Crippen LogP contribution in [0, 0.1) is 18.8 Å². The summed E-state index contributed by atoms with van der Waals surface area (Å²) >= 11 is 1.62. The summed E-state index contributed by atoms with van der Waals surface area (Å²) in [6, 6.07) is 8.43. The first-order chi connectivity index (χ1) is 13.0. The molecule has 6 heteroatoms. The molecule has 1 aromatic carbocycles. The lowest BCUT2D eigenvalue weighted by atomic mass is 9.97. The molecule has 0 spiro atoms. The minimum atomic E-state index is 0.0109. The zero-order chi connectivity index (χ0) is 19.2. The number of carbonyl (C=O) groups is 1. The number of nitrogens with zero attached hydrogens (tertiary/aromatic N) is 3. The molecule has 0 saturated carbocycles. The largest absolute Gasteiger partial charge is 0.356 e. The molecule has 1 saturated heterocycles. The summed E-state index contributed by atoms with van der Waals surface area (Å²) in [7, 11) is 0. The molecule has 1 aromatic heterocycles. The summed E-state index contributed by atoms with van der Waals surface area (Å²) in [5, 5.41) is 3.97. The van der Waals surface area contributed by atoms with Crippen molar-refractivity contribution in [2.75, 3.05) is 24.5 Å². The van der Waals surface area contributed by atoms with Gasteiger partial charge in [-0.1, -0.05) is 43.3 Å². The second-order valence-electron chi connectivity index (χ2n) is 7.52. The first kappa shape index (κ1) is 19.7. The maximum atomic E-state index is 12.5. The number of hydrogen-bond acceptors (Lipinski definition) is 5. The lowest BCUT2D eigenvalue weighted by Gasteiger charge is -2.33. The molecular weight excluding hydrogens is 356 g/mol. The predicted molar refractivity (Wildman–Crippen MR) is 110 cm³/mol. The standard InChI is InChI=1S/C21H28N4OS/c1-15(2)13-24-20(26)17-5-4-12-25(14-17)19-21(23-11-10-22-19)27-18-8-6-16(3)7-9-18/h6-11,15,17H,4-5,12-14H2,1-3H3,(H,24,26)/t17-/m1/s1. The van der Waals surface area contributed by atoms with Gasteiger partial charge in [-0.2, -0.15) is 0 Å². The molecule has 27 heavy (non-hydrogen) atoms. The Balaban J connectivity index is 1.72. The fraction of sp³-hybridized carbons (Fsp3) is 0.476. The fourth-order valence-corrected chi connectivity index (χ4v) is 4.04.